The van der Waals surface area contributed by atoms with Gasteiger partial charge in [-0.3, -0.25) is 0 Å². The number of anilines is 1. The van der Waals surface area contributed by atoms with Crippen LogP contribution < -0.4 is 10.6 Å². The molecule has 6 heteroatoms. The van der Waals surface area contributed by atoms with Crippen molar-refractivity contribution in [1.82, 2.24) is 5.32 Å². The zero-order valence-corrected chi connectivity index (χ0v) is 12.6. The lowest BCUT2D eigenvalue weighted by Crippen LogP contribution is -2.37. The van der Waals surface area contributed by atoms with Crippen molar-refractivity contribution in [2.75, 3.05) is 18.5 Å². The number of hydrogen-bond donors (Lipinski definition) is 3. The van der Waals surface area contributed by atoms with E-state index in [0.717, 1.165) is 0 Å². The third-order valence-corrected chi connectivity index (χ3v) is 3.35. The van der Waals surface area contributed by atoms with Gasteiger partial charge in [0.25, 0.3) is 0 Å². The van der Waals surface area contributed by atoms with Crippen LogP contribution in [0.2, 0.25) is 0 Å². The standard InChI is InChI=1S/C13H18BrFN2O2/c1-13(2,5-6-18)8-16-12(19)17-11-4-3-9(15)7-10(11)14/h3-4,7,18H,5-6,8H2,1-2H3,(H2,16,17,19). The van der Waals surface area contributed by atoms with Gasteiger partial charge in [-0.05, 0) is 46.0 Å². The minimum Gasteiger partial charge on any atom is -0.396 e. The van der Waals surface area contributed by atoms with Gasteiger partial charge in [0.05, 0.1) is 5.69 Å². The number of benzene rings is 1. The molecule has 0 aliphatic carbocycles. The molecule has 1 aromatic rings. The summed E-state index contributed by atoms with van der Waals surface area (Å²) in [5.74, 6) is -0.373. The van der Waals surface area contributed by atoms with Gasteiger partial charge < -0.3 is 15.7 Å². The van der Waals surface area contributed by atoms with E-state index in [2.05, 4.69) is 26.6 Å². The predicted octanol–water partition coefficient (Wildman–Crippen LogP) is 3.12. The molecule has 0 saturated heterocycles. The lowest BCUT2D eigenvalue weighted by Gasteiger charge is -2.23. The Labute approximate surface area is 120 Å². The second kappa shape index (κ2) is 6.86. The fourth-order valence-electron chi connectivity index (χ4n) is 1.47. The summed E-state index contributed by atoms with van der Waals surface area (Å²) < 4.78 is 13.4. The number of urea groups is 1. The molecule has 0 heterocycles. The monoisotopic (exact) mass is 332 g/mol. The Morgan fingerprint density at radius 2 is 2.16 bits per heavy atom. The van der Waals surface area contributed by atoms with Gasteiger partial charge in [0.2, 0.25) is 0 Å². The summed E-state index contributed by atoms with van der Waals surface area (Å²) in [5.41, 5.74) is 0.324. The summed E-state index contributed by atoms with van der Waals surface area (Å²) >= 11 is 3.18. The topological polar surface area (TPSA) is 61.4 Å². The van der Waals surface area contributed by atoms with Crippen LogP contribution in [0.25, 0.3) is 0 Å². The van der Waals surface area contributed by atoms with Gasteiger partial charge in [0, 0.05) is 17.6 Å². The summed E-state index contributed by atoms with van der Waals surface area (Å²) in [6.07, 6.45) is 0.605. The van der Waals surface area contributed by atoms with E-state index in [9.17, 15) is 9.18 Å². The molecule has 0 atom stereocenters. The summed E-state index contributed by atoms with van der Waals surface area (Å²) in [6.45, 7) is 4.44. The van der Waals surface area contributed by atoms with Gasteiger partial charge >= 0.3 is 6.03 Å². The second-order valence-corrected chi connectivity index (χ2v) is 5.92. The van der Waals surface area contributed by atoms with Crippen molar-refractivity contribution in [3.8, 4) is 0 Å². The van der Waals surface area contributed by atoms with Crippen LogP contribution in [0, 0.1) is 11.2 Å². The van der Waals surface area contributed by atoms with Crippen molar-refractivity contribution in [2.45, 2.75) is 20.3 Å². The van der Waals surface area contributed by atoms with Gasteiger partial charge in [0.1, 0.15) is 5.82 Å². The minimum absolute atomic E-state index is 0.0831. The average molecular weight is 333 g/mol. The predicted molar refractivity (Wildman–Crippen MR) is 76.6 cm³/mol. The van der Waals surface area contributed by atoms with E-state index >= 15 is 0 Å². The Bertz CT molecular complexity index is 452. The quantitative estimate of drug-likeness (QED) is 0.775. The van der Waals surface area contributed by atoms with Crippen LogP contribution >= 0.6 is 15.9 Å². The Balaban J connectivity index is 2.52. The highest BCUT2D eigenvalue weighted by molar-refractivity contribution is 9.10. The number of halogens is 2. The third-order valence-electron chi connectivity index (χ3n) is 2.70. The Kier molecular flexibility index (Phi) is 5.75. The number of nitrogens with one attached hydrogen (secondary N) is 2. The van der Waals surface area contributed by atoms with Crippen LogP contribution in [0.1, 0.15) is 20.3 Å². The highest BCUT2D eigenvalue weighted by atomic mass is 79.9. The number of carbonyl (C=O) groups is 1. The number of aliphatic hydroxyl groups is 1. The molecule has 0 aliphatic rings. The third kappa shape index (κ3) is 5.57. The molecule has 0 aliphatic heterocycles. The first kappa shape index (κ1) is 15.9. The zero-order valence-electron chi connectivity index (χ0n) is 11.0. The van der Waals surface area contributed by atoms with Crippen molar-refractivity contribution in [3.63, 3.8) is 0 Å². The van der Waals surface area contributed by atoms with Gasteiger partial charge in [0.15, 0.2) is 0 Å². The van der Waals surface area contributed by atoms with Crippen LogP contribution in [0.4, 0.5) is 14.9 Å². The normalized spacial score (nSPS) is 11.2. The lowest BCUT2D eigenvalue weighted by atomic mass is 9.90. The Hall–Kier alpha value is -1.14. The second-order valence-electron chi connectivity index (χ2n) is 5.07. The highest BCUT2D eigenvalue weighted by Gasteiger charge is 2.18. The largest absolute Gasteiger partial charge is 0.396 e. The Morgan fingerprint density at radius 1 is 1.47 bits per heavy atom. The van der Waals surface area contributed by atoms with E-state index in [1.54, 1.807) is 0 Å². The molecule has 1 rings (SSSR count). The van der Waals surface area contributed by atoms with Crippen molar-refractivity contribution in [1.29, 1.82) is 0 Å². The first-order valence-corrected chi connectivity index (χ1v) is 6.74. The molecule has 2 amide bonds. The molecule has 0 aromatic heterocycles. The van der Waals surface area contributed by atoms with Crippen molar-refractivity contribution >= 4 is 27.6 Å². The molecule has 0 fully saturated rings. The molecule has 3 N–H and O–H groups in total. The van der Waals surface area contributed by atoms with E-state index < -0.39 is 0 Å². The molecule has 0 bridgehead atoms. The van der Waals surface area contributed by atoms with E-state index in [0.29, 0.717) is 23.1 Å². The number of carbonyl (C=O) groups excluding carboxylic acids is 1. The average Bonchev–Trinajstić information content (AvgIpc) is 2.30. The number of rotatable bonds is 5. The molecule has 0 saturated carbocycles. The number of hydrogen-bond acceptors (Lipinski definition) is 2. The number of amides is 2. The van der Waals surface area contributed by atoms with E-state index in [1.807, 2.05) is 13.8 Å². The highest BCUT2D eigenvalue weighted by Crippen LogP contribution is 2.23. The first-order valence-electron chi connectivity index (χ1n) is 5.95. The molecule has 0 spiro atoms. The van der Waals surface area contributed by atoms with Crippen LogP contribution in [0.3, 0.4) is 0 Å². The van der Waals surface area contributed by atoms with E-state index in [1.165, 1.54) is 18.2 Å². The maximum atomic E-state index is 12.9. The minimum atomic E-state index is -0.373. The Morgan fingerprint density at radius 3 is 2.74 bits per heavy atom. The first-order chi connectivity index (χ1) is 8.84. The van der Waals surface area contributed by atoms with Crippen molar-refractivity contribution in [3.05, 3.63) is 28.5 Å². The molecule has 4 nitrogen and oxygen atoms in total. The van der Waals surface area contributed by atoms with Crippen molar-refractivity contribution < 1.29 is 14.3 Å². The van der Waals surface area contributed by atoms with Gasteiger partial charge in [-0.25, -0.2) is 9.18 Å². The molecular weight excluding hydrogens is 315 g/mol. The van der Waals surface area contributed by atoms with Crippen LogP contribution in [0.15, 0.2) is 22.7 Å². The summed E-state index contributed by atoms with van der Waals surface area (Å²) in [7, 11) is 0. The molecule has 19 heavy (non-hydrogen) atoms. The van der Waals surface area contributed by atoms with Gasteiger partial charge in [-0.15, -0.1) is 0 Å². The zero-order chi connectivity index (χ0) is 14.5. The molecule has 0 unspecified atom stereocenters. The maximum absolute atomic E-state index is 12.9. The molecule has 106 valence electrons. The maximum Gasteiger partial charge on any atom is 0.319 e. The summed E-state index contributed by atoms with van der Waals surface area (Å²) in [4.78, 5) is 11.7. The van der Waals surface area contributed by atoms with E-state index in [4.69, 9.17) is 5.11 Å². The van der Waals surface area contributed by atoms with Crippen LogP contribution in [0.5, 0.6) is 0 Å². The van der Waals surface area contributed by atoms with Crippen LogP contribution in [-0.2, 0) is 0 Å². The fraction of sp³-hybridized carbons (Fsp3) is 0.462. The summed E-state index contributed by atoms with van der Waals surface area (Å²) in [5, 5.41) is 14.2. The number of aliphatic hydroxyl groups excluding tert-OH is 1. The van der Waals surface area contributed by atoms with Crippen molar-refractivity contribution in [2.24, 2.45) is 5.41 Å². The lowest BCUT2D eigenvalue weighted by molar-refractivity contribution is 0.204. The van der Waals surface area contributed by atoms with Gasteiger partial charge in [-0.1, -0.05) is 13.8 Å². The molecule has 0 radical (unpaired) electrons. The van der Waals surface area contributed by atoms with Gasteiger partial charge in [-0.2, -0.15) is 0 Å². The fourth-order valence-corrected chi connectivity index (χ4v) is 1.92. The summed E-state index contributed by atoms with van der Waals surface area (Å²) in [6, 6.07) is 3.68. The molecular formula is C13H18BrFN2O2. The van der Waals surface area contributed by atoms with Crippen LogP contribution in [-0.4, -0.2) is 24.3 Å². The smallest absolute Gasteiger partial charge is 0.319 e. The SMILES string of the molecule is CC(C)(CCO)CNC(=O)Nc1ccc(F)cc1Br. The van der Waals surface area contributed by atoms with E-state index in [-0.39, 0.29) is 23.9 Å². The molecule has 1 aromatic carbocycles.